The van der Waals surface area contributed by atoms with Gasteiger partial charge < -0.3 is 20.1 Å². The molecule has 10 heteroatoms. The van der Waals surface area contributed by atoms with E-state index in [0.29, 0.717) is 36.8 Å². The molecule has 1 atom stereocenters. The molecule has 3 aliphatic rings. The third-order valence-electron chi connectivity index (χ3n) is 6.01. The minimum atomic E-state index is -1.17. The van der Waals surface area contributed by atoms with E-state index in [9.17, 15) is 19.2 Å². The smallest absolute Gasteiger partial charge is 0.325 e. The second-order valence-electron chi connectivity index (χ2n) is 8.10. The van der Waals surface area contributed by atoms with Crippen LogP contribution in [0.3, 0.4) is 0 Å². The maximum atomic E-state index is 13.2. The predicted octanol–water partition coefficient (Wildman–Crippen LogP) is 1.89. The lowest BCUT2D eigenvalue weighted by atomic mass is 9.76. The minimum absolute atomic E-state index is 0.400. The van der Waals surface area contributed by atoms with Crippen molar-refractivity contribution < 1.29 is 28.7 Å². The van der Waals surface area contributed by atoms with Gasteiger partial charge in [0, 0.05) is 11.8 Å². The molecule has 3 N–H and O–H groups in total. The van der Waals surface area contributed by atoms with E-state index in [2.05, 4.69) is 16.0 Å². The van der Waals surface area contributed by atoms with Gasteiger partial charge in [-0.2, -0.15) is 0 Å². The largest absolute Gasteiger partial charge is 0.486 e. The van der Waals surface area contributed by atoms with Crippen LogP contribution in [0.1, 0.15) is 24.0 Å². The third-order valence-corrected chi connectivity index (χ3v) is 6.01. The number of urea groups is 2. The maximum Gasteiger partial charge on any atom is 0.325 e. The van der Waals surface area contributed by atoms with Crippen LogP contribution in [0.2, 0.25) is 0 Å². The number of benzene rings is 2. The first-order chi connectivity index (χ1) is 16.0. The zero-order valence-electron chi connectivity index (χ0n) is 17.7. The SMILES string of the molecule is O=C(CN1C(=O)N[C@@]2(CCCc3ccccc32)C1=O)NC(=O)Nc1ccc2c(c1)OCCO2. The third kappa shape index (κ3) is 3.73. The Morgan fingerprint density at radius 1 is 1.06 bits per heavy atom. The van der Waals surface area contributed by atoms with Gasteiger partial charge in [-0.3, -0.25) is 19.8 Å². The van der Waals surface area contributed by atoms with Gasteiger partial charge in [-0.05, 0) is 42.5 Å². The van der Waals surface area contributed by atoms with Gasteiger partial charge in [0.05, 0.1) is 0 Å². The van der Waals surface area contributed by atoms with Crippen molar-refractivity contribution in [3.8, 4) is 11.5 Å². The Balaban J connectivity index is 1.24. The molecule has 2 aromatic carbocycles. The summed E-state index contributed by atoms with van der Waals surface area (Å²) in [5.41, 5.74) is 0.994. The number of ether oxygens (including phenoxy) is 2. The molecule has 33 heavy (non-hydrogen) atoms. The van der Waals surface area contributed by atoms with E-state index >= 15 is 0 Å². The first kappa shape index (κ1) is 20.8. The van der Waals surface area contributed by atoms with E-state index in [1.54, 1.807) is 18.2 Å². The number of anilines is 1. The van der Waals surface area contributed by atoms with Crippen LogP contribution in [-0.2, 0) is 21.5 Å². The van der Waals surface area contributed by atoms with Crippen molar-refractivity contribution in [1.82, 2.24) is 15.5 Å². The van der Waals surface area contributed by atoms with Crippen molar-refractivity contribution in [2.75, 3.05) is 25.1 Å². The summed E-state index contributed by atoms with van der Waals surface area (Å²) >= 11 is 0. The molecule has 170 valence electrons. The van der Waals surface area contributed by atoms with Crippen LogP contribution in [0, 0.1) is 0 Å². The Morgan fingerprint density at radius 2 is 1.85 bits per heavy atom. The first-order valence-electron chi connectivity index (χ1n) is 10.7. The van der Waals surface area contributed by atoms with Crippen LogP contribution < -0.4 is 25.4 Å². The van der Waals surface area contributed by atoms with Crippen molar-refractivity contribution in [3.63, 3.8) is 0 Å². The van der Waals surface area contributed by atoms with Gasteiger partial charge in [0.1, 0.15) is 25.3 Å². The number of amides is 6. The van der Waals surface area contributed by atoms with Gasteiger partial charge in [0.2, 0.25) is 5.91 Å². The second kappa shape index (κ2) is 8.12. The number of aryl methyl sites for hydroxylation is 1. The molecule has 1 saturated heterocycles. The van der Waals surface area contributed by atoms with E-state index in [-0.39, 0.29) is 0 Å². The molecule has 5 rings (SSSR count). The fourth-order valence-electron chi connectivity index (χ4n) is 4.55. The van der Waals surface area contributed by atoms with Crippen LogP contribution >= 0.6 is 0 Å². The number of hydrogen-bond acceptors (Lipinski definition) is 6. The van der Waals surface area contributed by atoms with E-state index in [1.165, 1.54) is 0 Å². The molecule has 0 radical (unpaired) electrons. The van der Waals surface area contributed by atoms with Crippen molar-refractivity contribution >= 4 is 29.6 Å². The predicted molar refractivity (Wildman–Crippen MR) is 116 cm³/mol. The highest BCUT2D eigenvalue weighted by Gasteiger charge is 2.54. The minimum Gasteiger partial charge on any atom is -0.486 e. The fourth-order valence-corrected chi connectivity index (χ4v) is 4.55. The van der Waals surface area contributed by atoms with E-state index in [4.69, 9.17) is 9.47 Å². The summed E-state index contributed by atoms with van der Waals surface area (Å²) in [6.45, 7) is 0.284. The van der Waals surface area contributed by atoms with Gasteiger partial charge in [-0.15, -0.1) is 0 Å². The Bertz CT molecular complexity index is 1170. The Labute approximate surface area is 189 Å². The molecule has 10 nitrogen and oxygen atoms in total. The molecule has 2 heterocycles. The Kier molecular flexibility index (Phi) is 5.12. The molecule has 0 saturated carbocycles. The monoisotopic (exact) mass is 450 g/mol. The van der Waals surface area contributed by atoms with Gasteiger partial charge in [0.25, 0.3) is 5.91 Å². The van der Waals surface area contributed by atoms with Gasteiger partial charge in [-0.25, -0.2) is 9.59 Å². The number of hydrogen-bond donors (Lipinski definition) is 3. The molecule has 2 aromatic rings. The summed E-state index contributed by atoms with van der Waals surface area (Å²) in [6, 6.07) is 10.9. The standard InChI is InChI=1S/C23H22N4O6/c28-19(25-21(30)24-15-7-8-17-18(12-15)33-11-10-32-17)13-27-20(29)23(26-22(27)31)9-3-5-14-4-1-2-6-16(14)23/h1-2,4,6-8,12H,3,5,9-11,13H2,(H,26,31)(H2,24,25,28,30)/t23-/m1/s1. The van der Waals surface area contributed by atoms with Crippen LogP contribution in [0.25, 0.3) is 0 Å². The zero-order valence-corrected chi connectivity index (χ0v) is 17.7. The molecule has 1 fully saturated rings. The molecule has 1 spiro atoms. The summed E-state index contributed by atoms with van der Waals surface area (Å²) in [5.74, 6) is -0.209. The van der Waals surface area contributed by atoms with Crippen LogP contribution in [-0.4, -0.2) is 48.5 Å². The highest BCUT2D eigenvalue weighted by atomic mass is 16.6. The van der Waals surface area contributed by atoms with E-state index in [0.717, 1.165) is 28.9 Å². The van der Waals surface area contributed by atoms with Crippen LogP contribution in [0.15, 0.2) is 42.5 Å². The summed E-state index contributed by atoms with van der Waals surface area (Å²) in [6.07, 6.45) is 2.01. The maximum absolute atomic E-state index is 13.2. The molecule has 6 amide bonds. The average molecular weight is 450 g/mol. The molecule has 1 aliphatic carbocycles. The van der Waals surface area contributed by atoms with Crippen molar-refractivity contribution in [2.24, 2.45) is 0 Å². The molecular formula is C23H22N4O6. The molecule has 0 bridgehead atoms. The number of imide groups is 2. The fraction of sp³-hybridized carbons (Fsp3) is 0.304. The summed E-state index contributed by atoms with van der Waals surface area (Å²) in [5, 5.41) is 7.47. The molecule has 0 aromatic heterocycles. The highest BCUT2D eigenvalue weighted by Crippen LogP contribution is 2.39. The summed E-state index contributed by atoms with van der Waals surface area (Å²) < 4.78 is 10.9. The lowest BCUT2D eigenvalue weighted by molar-refractivity contribution is -0.135. The summed E-state index contributed by atoms with van der Waals surface area (Å²) in [4.78, 5) is 51.4. The van der Waals surface area contributed by atoms with Gasteiger partial charge in [-0.1, -0.05) is 24.3 Å². The Hall–Kier alpha value is -4.08. The van der Waals surface area contributed by atoms with Gasteiger partial charge >= 0.3 is 12.1 Å². The average Bonchev–Trinajstić information content (AvgIpc) is 3.04. The van der Waals surface area contributed by atoms with Crippen LogP contribution in [0.5, 0.6) is 11.5 Å². The van der Waals surface area contributed by atoms with E-state index in [1.807, 2.05) is 24.3 Å². The molecular weight excluding hydrogens is 428 g/mol. The van der Waals surface area contributed by atoms with E-state index < -0.39 is 36.0 Å². The van der Waals surface area contributed by atoms with Crippen molar-refractivity contribution in [1.29, 1.82) is 0 Å². The topological polar surface area (TPSA) is 126 Å². The number of carbonyl (C=O) groups is 4. The second-order valence-corrected chi connectivity index (χ2v) is 8.10. The van der Waals surface area contributed by atoms with Crippen molar-refractivity contribution in [2.45, 2.75) is 24.8 Å². The number of fused-ring (bicyclic) bond motifs is 3. The van der Waals surface area contributed by atoms with Crippen molar-refractivity contribution in [3.05, 3.63) is 53.6 Å². The quantitative estimate of drug-likeness (QED) is 0.613. The normalized spacial score (nSPS) is 20.8. The van der Waals surface area contributed by atoms with Gasteiger partial charge in [0.15, 0.2) is 11.5 Å². The zero-order chi connectivity index (χ0) is 23.0. The lowest BCUT2D eigenvalue weighted by Crippen LogP contribution is -2.47. The number of rotatable bonds is 3. The highest BCUT2D eigenvalue weighted by molar-refractivity contribution is 6.11. The number of nitrogens with one attached hydrogen (secondary N) is 3. The number of carbonyl (C=O) groups excluding carboxylic acids is 4. The summed E-state index contributed by atoms with van der Waals surface area (Å²) in [7, 11) is 0. The first-order valence-corrected chi connectivity index (χ1v) is 10.7. The lowest BCUT2D eigenvalue weighted by Gasteiger charge is -2.33. The Morgan fingerprint density at radius 3 is 2.70 bits per heavy atom. The number of nitrogens with zero attached hydrogens (tertiary/aromatic N) is 1. The van der Waals surface area contributed by atoms with Crippen LogP contribution in [0.4, 0.5) is 15.3 Å². The molecule has 2 aliphatic heterocycles. The molecule has 0 unspecified atom stereocenters.